The maximum atomic E-state index is 11.0. The number of ether oxygens (including phenoxy) is 1. The molecule has 0 unspecified atom stereocenters. The highest BCUT2D eigenvalue weighted by atomic mass is 35.7. The molecule has 0 aliphatic heterocycles. The number of aromatic nitrogens is 2. The summed E-state index contributed by atoms with van der Waals surface area (Å²) in [6, 6.07) is 0. The molecule has 0 saturated heterocycles. The molecule has 7 heteroatoms. The molecular weight excluding hydrogens is 252 g/mol. The Bertz CT molecular complexity index is 453. The van der Waals surface area contributed by atoms with Gasteiger partial charge in [0.05, 0.1) is 11.8 Å². The summed E-state index contributed by atoms with van der Waals surface area (Å²) in [7, 11) is 3.14. The van der Waals surface area contributed by atoms with Gasteiger partial charge in [0.25, 0.3) is 9.05 Å². The van der Waals surface area contributed by atoms with E-state index in [2.05, 4.69) is 5.10 Å². The summed E-state index contributed by atoms with van der Waals surface area (Å²) in [6.07, 6.45) is 3.38. The molecule has 1 rings (SSSR count). The summed E-state index contributed by atoms with van der Waals surface area (Å²) in [4.78, 5) is 0.0180. The van der Waals surface area contributed by atoms with Crippen LogP contribution in [0.2, 0.25) is 0 Å². The Kier molecular flexibility index (Phi) is 3.98. The third kappa shape index (κ3) is 3.77. The number of hydrogen-bond acceptors (Lipinski definition) is 4. The predicted octanol–water partition coefficient (Wildman–Crippen LogP) is 1.63. The van der Waals surface area contributed by atoms with Gasteiger partial charge in [0.15, 0.2) is 0 Å². The third-order valence-electron chi connectivity index (χ3n) is 2.39. The monoisotopic (exact) mass is 266 g/mol. The molecule has 0 N–H and O–H groups in total. The fraction of sp³-hybridized carbons (Fsp3) is 0.667. The molecule has 1 heterocycles. The van der Waals surface area contributed by atoms with Gasteiger partial charge in [-0.15, -0.1) is 0 Å². The third-order valence-corrected chi connectivity index (χ3v) is 3.70. The zero-order valence-corrected chi connectivity index (χ0v) is 11.0. The first kappa shape index (κ1) is 13.5. The summed E-state index contributed by atoms with van der Waals surface area (Å²) < 4.78 is 28.8. The highest BCUT2D eigenvalue weighted by Crippen LogP contribution is 2.16. The molecule has 1 aromatic rings. The van der Waals surface area contributed by atoms with E-state index in [0.29, 0.717) is 6.54 Å². The summed E-state index contributed by atoms with van der Waals surface area (Å²) in [5.74, 6) is 0. The van der Waals surface area contributed by atoms with Gasteiger partial charge in [-0.2, -0.15) is 5.10 Å². The van der Waals surface area contributed by atoms with Crippen LogP contribution in [0.1, 0.15) is 20.3 Å². The number of rotatable bonds is 5. The van der Waals surface area contributed by atoms with E-state index in [1.807, 2.05) is 13.8 Å². The van der Waals surface area contributed by atoms with Crippen molar-refractivity contribution in [2.24, 2.45) is 0 Å². The zero-order valence-electron chi connectivity index (χ0n) is 9.47. The molecule has 0 aromatic carbocycles. The van der Waals surface area contributed by atoms with E-state index in [9.17, 15) is 8.42 Å². The van der Waals surface area contributed by atoms with E-state index in [1.54, 1.807) is 7.11 Å². The van der Waals surface area contributed by atoms with Crippen LogP contribution in [-0.4, -0.2) is 30.9 Å². The lowest BCUT2D eigenvalue weighted by molar-refractivity contribution is 0.0113. The Morgan fingerprint density at radius 2 is 2.19 bits per heavy atom. The predicted molar refractivity (Wildman–Crippen MR) is 61.0 cm³/mol. The lowest BCUT2D eigenvalue weighted by atomic mass is 10.1. The summed E-state index contributed by atoms with van der Waals surface area (Å²) >= 11 is 0. The topological polar surface area (TPSA) is 61.2 Å². The molecule has 0 aliphatic rings. The molecule has 0 radical (unpaired) electrons. The van der Waals surface area contributed by atoms with Crippen molar-refractivity contribution in [1.82, 2.24) is 9.78 Å². The molecule has 0 saturated carbocycles. The molecule has 0 fully saturated rings. The normalized spacial score (nSPS) is 13.0. The summed E-state index contributed by atoms with van der Waals surface area (Å²) in [6.45, 7) is 4.48. The second-order valence-corrected chi connectivity index (χ2v) is 6.66. The maximum absolute atomic E-state index is 11.0. The van der Waals surface area contributed by atoms with E-state index in [1.165, 1.54) is 17.1 Å². The van der Waals surface area contributed by atoms with Gasteiger partial charge < -0.3 is 4.74 Å². The SMILES string of the molecule is COC(C)(C)CCn1cc(S(=O)(=O)Cl)cn1. The highest BCUT2D eigenvalue weighted by molar-refractivity contribution is 8.13. The summed E-state index contributed by atoms with van der Waals surface area (Å²) in [5.41, 5.74) is -0.258. The van der Waals surface area contributed by atoms with Gasteiger partial charge in [0.1, 0.15) is 4.90 Å². The van der Waals surface area contributed by atoms with E-state index >= 15 is 0 Å². The largest absolute Gasteiger partial charge is 0.379 e. The van der Waals surface area contributed by atoms with E-state index in [-0.39, 0.29) is 10.5 Å². The molecule has 0 spiro atoms. The molecule has 0 aliphatic carbocycles. The van der Waals surface area contributed by atoms with Crippen molar-refractivity contribution in [3.63, 3.8) is 0 Å². The highest BCUT2D eigenvalue weighted by Gasteiger charge is 2.17. The number of aryl methyl sites for hydroxylation is 1. The fourth-order valence-electron chi connectivity index (χ4n) is 1.08. The standard InChI is InChI=1S/C9H15ClN2O3S/c1-9(2,15-3)4-5-12-7-8(6-11-12)16(10,13)14/h6-7H,4-5H2,1-3H3. The first-order valence-corrected chi connectivity index (χ1v) is 7.08. The van der Waals surface area contributed by atoms with Crippen molar-refractivity contribution in [3.05, 3.63) is 12.4 Å². The Morgan fingerprint density at radius 1 is 1.56 bits per heavy atom. The van der Waals surface area contributed by atoms with Crippen molar-refractivity contribution in [3.8, 4) is 0 Å². The van der Waals surface area contributed by atoms with Crippen molar-refractivity contribution in [2.45, 2.75) is 37.3 Å². The number of methoxy groups -OCH3 is 1. The van der Waals surface area contributed by atoms with Crippen LogP contribution >= 0.6 is 10.7 Å². The van der Waals surface area contributed by atoms with E-state index in [4.69, 9.17) is 15.4 Å². The molecule has 1 aromatic heterocycles. The van der Waals surface area contributed by atoms with Crippen molar-refractivity contribution >= 4 is 19.7 Å². The number of halogens is 1. The van der Waals surface area contributed by atoms with Gasteiger partial charge >= 0.3 is 0 Å². The molecule has 92 valence electrons. The van der Waals surface area contributed by atoms with Gasteiger partial charge in [0.2, 0.25) is 0 Å². The van der Waals surface area contributed by atoms with E-state index in [0.717, 1.165) is 6.42 Å². The Hall–Kier alpha value is -0.590. The fourth-order valence-corrected chi connectivity index (χ4v) is 1.74. The van der Waals surface area contributed by atoms with Crippen LogP contribution in [0.25, 0.3) is 0 Å². The average Bonchev–Trinajstić information content (AvgIpc) is 2.63. The first-order chi connectivity index (χ1) is 7.24. The molecular formula is C9H15ClN2O3S. The Morgan fingerprint density at radius 3 is 2.62 bits per heavy atom. The minimum absolute atomic E-state index is 0.0180. The van der Waals surface area contributed by atoms with Gasteiger partial charge in [-0.05, 0) is 20.3 Å². The van der Waals surface area contributed by atoms with Crippen LogP contribution < -0.4 is 0 Å². The lowest BCUT2D eigenvalue weighted by Crippen LogP contribution is -2.24. The lowest BCUT2D eigenvalue weighted by Gasteiger charge is -2.22. The van der Waals surface area contributed by atoms with Gasteiger partial charge in [0, 0.05) is 30.5 Å². The smallest absolute Gasteiger partial charge is 0.264 e. The summed E-state index contributed by atoms with van der Waals surface area (Å²) in [5, 5.41) is 3.92. The number of nitrogens with zero attached hydrogens (tertiary/aromatic N) is 2. The quantitative estimate of drug-likeness (QED) is 0.760. The second kappa shape index (κ2) is 4.73. The molecule has 0 bridgehead atoms. The van der Waals surface area contributed by atoms with Crippen molar-refractivity contribution in [1.29, 1.82) is 0 Å². The average molecular weight is 267 g/mol. The molecule has 5 nitrogen and oxygen atoms in total. The minimum atomic E-state index is -3.68. The van der Waals surface area contributed by atoms with Crippen molar-refractivity contribution < 1.29 is 13.2 Å². The zero-order chi connectivity index (χ0) is 12.4. The van der Waals surface area contributed by atoms with Crippen LogP contribution in [0.5, 0.6) is 0 Å². The molecule has 0 atom stereocenters. The minimum Gasteiger partial charge on any atom is -0.379 e. The van der Waals surface area contributed by atoms with Crippen LogP contribution in [0.15, 0.2) is 17.3 Å². The van der Waals surface area contributed by atoms with Crippen LogP contribution in [-0.2, 0) is 20.3 Å². The molecule has 16 heavy (non-hydrogen) atoms. The van der Waals surface area contributed by atoms with Gasteiger partial charge in [-0.3, -0.25) is 4.68 Å². The molecule has 0 amide bonds. The van der Waals surface area contributed by atoms with Crippen LogP contribution in [0, 0.1) is 0 Å². The van der Waals surface area contributed by atoms with Crippen molar-refractivity contribution in [2.75, 3.05) is 7.11 Å². The van der Waals surface area contributed by atoms with Gasteiger partial charge in [-0.25, -0.2) is 8.42 Å². The Balaban J connectivity index is 2.67. The first-order valence-electron chi connectivity index (χ1n) is 4.77. The van der Waals surface area contributed by atoms with Crippen LogP contribution in [0.3, 0.4) is 0 Å². The van der Waals surface area contributed by atoms with Crippen LogP contribution in [0.4, 0.5) is 0 Å². The maximum Gasteiger partial charge on any atom is 0.264 e. The second-order valence-electron chi connectivity index (χ2n) is 4.09. The van der Waals surface area contributed by atoms with Gasteiger partial charge in [-0.1, -0.05) is 0 Å². The van der Waals surface area contributed by atoms with E-state index < -0.39 is 9.05 Å². The number of hydrogen-bond donors (Lipinski definition) is 0. The Labute approximate surface area is 99.8 Å².